The van der Waals surface area contributed by atoms with E-state index in [1.54, 1.807) is 23.9 Å². The number of anilines is 2. The Kier molecular flexibility index (Phi) is 5.84. The van der Waals surface area contributed by atoms with Crippen molar-refractivity contribution in [2.45, 2.75) is 18.1 Å². The fourth-order valence-corrected chi connectivity index (χ4v) is 3.48. The number of nitrogen functional groups attached to an aromatic ring is 1. The van der Waals surface area contributed by atoms with Crippen LogP contribution < -0.4 is 11.1 Å². The molecule has 1 aromatic rings. The molecule has 1 aliphatic heterocycles. The van der Waals surface area contributed by atoms with Gasteiger partial charge in [0.2, 0.25) is 5.91 Å². The summed E-state index contributed by atoms with van der Waals surface area (Å²) in [6.45, 7) is 1.55. The molecule has 0 saturated carbocycles. The van der Waals surface area contributed by atoms with Gasteiger partial charge in [0.05, 0.1) is 22.2 Å². The predicted molar refractivity (Wildman–Crippen MR) is 85.8 cm³/mol. The van der Waals surface area contributed by atoms with Crippen molar-refractivity contribution in [3.8, 4) is 0 Å². The van der Waals surface area contributed by atoms with Crippen LogP contribution in [0.4, 0.5) is 11.4 Å². The van der Waals surface area contributed by atoms with Gasteiger partial charge in [0.25, 0.3) is 0 Å². The number of hydrogen-bond acceptors (Lipinski definition) is 4. The molecule has 110 valence electrons. The van der Waals surface area contributed by atoms with E-state index >= 15 is 0 Å². The van der Waals surface area contributed by atoms with E-state index in [1.807, 2.05) is 0 Å². The molecule has 1 aromatic carbocycles. The van der Waals surface area contributed by atoms with Crippen molar-refractivity contribution >= 4 is 52.2 Å². The fraction of sp³-hybridized carbons (Fsp3) is 0.462. The van der Waals surface area contributed by atoms with Gasteiger partial charge in [0, 0.05) is 23.5 Å². The third kappa shape index (κ3) is 4.45. The first-order valence-electron chi connectivity index (χ1n) is 6.30. The SMILES string of the molecule is Nc1cc(Cl)cc(Cl)c1NC(=O)CSC1CCOCC1. The van der Waals surface area contributed by atoms with E-state index in [0.717, 1.165) is 26.1 Å². The average molecular weight is 335 g/mol. The molecule has 1 saturated heterocycles. The quantitative estimate of drug-likeness (QED) is 0.828. The summed E-state index contributed by atoms with van der Waals surface area (Å²) in [6, 6.07) is 3.12. The van der Waals surface area contributed by atoms with Gasteiger partial charge in [-0.3, -0.25) is 4.79 Å². The summed E-state index contributed by atoms with van der Waals surface area (Å²) in [5.41, 5.74) is 6.59. The molecule has 20 heavy (non-hydrogen) atoms. The monoisotopic (exact) mass is 334 g/mol. The molecule has 0 bridgehead atoms. The predicted octanol–water partition coefficient (Wildman–Crippen LogP) is 3.43. The summed E-state index contributed by atoms with van der Waals surface area (Å²) >= 11 is 13.5. The van der Waals surface area contributed by atoms with Crippen molar-refractivity contribution in [2.24, 2.45) is 0 Å². The van der Waals surface area contributed by atoms with Crippen LogP contribution in [0.15, 0.2) is 12.1 Å². The van der Waals surface area contributed by atoms with Crippen molar-refractivity contribution in [2.75, 3.05) is 30.0 Å². The highest BCUT2D eigenvalue weighted by Gasteiger charge is 2.17. The normalized spacial score (nSPS) is 16.1. The Balaban J connectivity index is 1.88. The molecular formula is C13H16Cl2N2O2S. The third-order valence-electron chi connectivity index (χ3n) is 2.97. The van der Waals surface area contributed by atoms with Crippen LogP contribution in [0.1, 0.15) is 12.8 Å². The molecule has 0 aromatic heterocycles. The van der Waals surface area contributed by atoms with Crippen molar-refractivity contribution in [1.29, 1.82) is 0 Å². The second kappa shape index (κ2) is 7.41. The first-order valence-corrected chi connectivity index (χ1v) is 8.10. The highest BCUT2D eigenvalue weighted by atomic mass is 35.5. The Labute approximate surface area is 132 Å². The minimum atomic E-state index is -0.114. The number of carbonyl (C=O) groups excluding carboxylic acids is 1. The largest absolute Gasteiger partial charge is 0.397 e. The summed E-state index contributed by atoms with van der Waals surface area (Å²) in [7, 11) is 0. The Morgan fingerprint density at radius 3 is 2.75 bits per heavy atom. The van der Waals surface area contributed by atoms with E-state index in [-0.39, 0.29) is 5.91 Å². The number of thioether (sulfide) groups is 1. The summed E-state index contributed by atoms with van der Waals surface area (Å²) in [5, 5.41) is 4.01. The summed E-state index contributed by atoms with van der Waals surface area (Å²) in [4.78, 5) is 11.9. The Hall–Kier alpha value is -0.620. The molecule has 1 heterocycles. The molecule has 0 atom stereocenters. The molecule has 4 nitrogen and oxygen atoms in total. The lowest BCUT2D eigenvalue weighted by atomic mass is 10.2. The average Bonchev–Trinajstić information content (AvgIpc) is 2.42. The maximum Gasteiger partial charge on any atom is 0.234 e. The van der Waals surface area contributed by atoms with E-state index in [4.69, 9.17) is 33.7 Å². The molecule has 0 aliphatic carbocycles. The highest BCUT2D eigenvalue weighted by Crippen LogP contribution is 2.32. The Bertz CT molecular complexity index is 470. The zero-order chi connectivity index (χ0) is 14.5. The van der Waals surface area contributed by atoms with Gasteiger partial charge >= 0.3 is 0 Å². The summed E-state index contributed by atoms with van der Waals surface area (Å²) in [6.07, 6.45) is 1.98. The van der Waals surface area contributed by atoms with E-state index < -0.39 is 0 Å². The van der Waals surface area contributed by atoms with Crippen molar-refractivity contribution in [3.05, 3.63) is 22.2 Å². The molecule has 1 amide bonds. The van der Waals surface area contributed by atoms with Crippen LogP contribution in [0.25, 0.3) is 0 Å². The number of amides is 1. The second-order valence-corrected chi connectivity index (χ2v) is 6.66. The first kappa shape index (κ1) is 15.8. The lowest BCUT2D eigenvalue weighted by Gasteiger charge is -2.21. The third-order valence-corrected chi connectivity index (χ3v) is 4.86. The number of rotatable bonds is 4. The molecule has 7 heteroatoms. The van der Waals surface area contributed by atoms with E-state index in [2.05, 4.69) is 5.32 Å². The van der Waals surface area contributed by atoms with E-state index in [9.17, 15) is 4.79 Å². The fourth-order valence-electron chi connectivity index (χ4n) is 1.94. The van der Waals surface area contributed by atoms with Crippen molar-refractivity contribution < 1.29 is 9.53 Å². The van der Waals surface area contributed by atoms with Crippen LogP contribution in [0.2, 0.25) is 10.0 Å². The molecule has 0 spiro atoms. The van der Waals surface area contributed by atoms with Crippen LogP contribution in [0, 0.1) is 0 Å². The number of nitrogens with one attached hydrogen (secondary N) is 1. The van der Waals surface area contributed by atoms with Crippen LogP contribution in [0.5, 0.6) is 0 Å². The molecule has 1 aliphatic rings. The standard InChI is InChI=1S/C13H16Cl2N2O2S/c14-8-5-10(15)13(11(16)6-8)17-12(18)7-20-9-1-3-19-4-2-9/h5-6,9H,1-4,7,16H2,(H,17,18). The molecule has 3 N–H and O–H groups in total. The molecular weight excluding hydrogens is 319 g/mol. The Morgan fingerprint density at radius 2 is 2.10 bits per heavy atom. The van der Waals surface area contributed by atoms with Crippen LogP contribution >= 0.6 is 35.0 Å². The highest BCUT2D eigenvalue weighted by molar-refractivity contribution is 8.00. The molecule has 0 radical (unpaired) electrons. The number of halogens is 2. The van der Waals surface area contributed by atoms with Crippen molar-refractivity contribution in [1.82, 2.24) is 0 Å². The number of carbonyl (C=O) groups is 1. The first-order chi connectivity index (χ1) is 9.56. The topological polar surface area (TPSA) is 64.3 Å². The number of benzene rings is 1. The van der Waals surface area contributed by atoms with Gasteiger partial charge in [-0.2, -0.15) is 0 Å². The second-order valence-electron chi connectivity index (χ2n) is 4.52. The Morgan fingerprint density at radius 1 is 1.40 bits per heavy atom. The molecule has 2 rings (SSSR count). The van der Waals surface area contributed by atoms with Gasteiger partial charge in [0.15, 0.2) is 0 Å². The maximum absolute atomic E-state index is 11.9. The number of nitrogens with two attached hydrogens (primary N) is 1. The van der Waals surface area contributed by atoms with E-state index in [0.29, 0.717) is 32.4 Å². The van der Waals surface area contributed by atoms with Crippen molar-refractivity contribution in [3.63, 3.8) is 0 Å². The number of ether oxygens (including phenoxy) is 1. The van der Waals surface area contributed by atoms with Gasteiger partial charge in [-0.05, 0) is 25.0 Å². The lowest BCUT2D eigenvalue weighted by molar-refractivity contribution is -0.113. The van der Waals surface area contributed by atoms with Crippen LogP contribution in [0.3, 0.4) is 0 Å². The maximum atomic E-state index is 11.9. The van der Waals surface area contributed by atoms with E-state index in [1.165, 1.54) is 0 Å². The molecule has 1 fully saturated rings. The zero-order valence-corrected chi connectivity index (χ0v) is 13.2. The van der Waals surface area contributed by atoms with Gasteiger partial charge in [-0.25, -0.2) is 0 Å². The van der Waals surface area contributed by atoms with Crippen LogP contribution in [-0.4, -0.2) is 30.1 Å². The molecule has 0 unspecified atom stereocenters. The smallest absolute Gasteiger partial charge is 0.234 e. The number of hydrogen-bond donors (Lipinski definition) is 2. The van der Waals surface area contributed by atoms with Crippen LogP contribution in [-0.2, 0) is 9.53 Å². The van der Waals surface area contributed by atoms with Gasteiger partial charge < -0.3 is 15.8 Å². The lowest BCUT2D eigenvalue weighted by Crippen LogP contribution is -2.21. The minimum absolute atomic E-state index is 0.114. The summed E-state index contributed by atoms with van der Waals surface area (Å²) in [5.74, 6) is 0.265. The van der Waals surface area contributed by atoms with Gasteiger partial charge in [-0.15, -0.1) is 11.8 Å². The minimum Gasteiger partial charge on any atom is -0.397 e. The van der Waals surface area contributed by atoms with Gasteiger partial charge in [-0.1, -0.05) is 23.2 Å². The van der Waals surface area contributed by atoms with Gasteiger partial charge in [0.1, 0.15) is 0 Å². The zero-order valence-electron chi connectivity index (χ0n) is 10.8. The summed E-state index contributed by atoms with van der Waals surface area (Å²) < 4.78 is 5.28.